The van der Waals surface area contributed by atoms with Crippen molar-refractivity contribution in [3.05, 3.63) is 51.2 Å². The Labute approximate surface area is 194 Å². The number of thiophene rings is 1. The number of ether oxygens (including phenoxy) is 1. The molecule has 3 amide bonds. The van der Waals surface area contributed by atoms with Gasteiger partial charge in [0.2, 0.25) is 0 Å². The third-order valence-electron chi connectivity index (χ3n) is 5.78. The average Bonchev–Trinajstić information content (AvgIpc) is 3.40. The molecule has 0 bridgehead atoms. The Hall–Kier alpha value is -2.46. The van der Waals surface area contributed by atoms with Crippen molar-refractivity contribution >= 4 is 46.3 Å². The number of benzene rings is 1. The van der Waals surface area contributed by atoms with Crippen LogP contribution in [0.3, 0.4) is 0 Å². The molecule has 32 heavy (non-hydrogen) atoms. The second kappa shape index (κ2) is 9.99. The summed E-state index contributed by atoms with van der Waals surface area (Å²) in [5.74, 6) is -0.636. The van der Waals surface area contributed by atoms with Crippen LogP contribution < -0.4 is 15.5 Å². The van der Waals surface area contributed by atoms with E-state index >= 15 is 0 Å². The summed E-state index contributed by atoms with van der Waals surface area (Å²) >= 11 is 7.11. The number of nitrogens with one attached hydrogen (secondary N) is 2. The van der Waals surface area contributed by atoms with Crippen LogP contribution in [0.15, 0.2) is 36.4 Å². The standard InChI is InChI=1S/C22H24ClN3O5S/c23-19-6-5-18(32-19)22(30)25-17-10-13(11-27)9-16(17)24-21(29)14-1-3-15(4-2-14)26-7-8-31-12-20(26)28/h1-6,13,16-17,27H,7-12H2,(H,24,29)(H,25,30)/t13-,16-,17-/m1/s1. The molecule has 3 N–H and O–H groups in total. The van der Waals surface area contributed by atoms with Crippen LogP contribution in [0.2, 0.25) is 4.34 Å². The Morgan fingerprint density at radius 3 is 2.38 bits per heavy atom. The molecule has 1 saturated carbocycles. The summed E-state index contributed by atoms with van der Waals surface area (Å²) in [6.07, 6.45) is 1.14. The lowest BCUT2D eigenvalue weighted by Crippen LogP contribution is -2.48. The van der Waals surface area contributed by atoms with Crippen molar-refractivity contribution in [1.82, 2.24) is 10.6 Å². The van der Waals surface area contributed by atoms with Gasteiger partial charge in [0.15, 0.2) is 0 Å². The molecule has 1 aromatic heterocycles. The van der Waals surface area contributed by atoms with E-state index in [0.717, 1.165) is 5.69 Å². The topological polar surface area (TPSA) is 108 Å². The van der Waals surface area contributed by atoms with E-state index in [4.69, 9.17) is 16.3 Å². The summed E-state index contributed by atoms with van der Waals surface area (Å²) in [7, 11) is 0. The van der Waals surface area contributed by atoms with E-state index < -0.39 is 0 Å². The molecule has 8 nitrogen and oxygen atoms in total. The minimum absolute atomic E-state index is 0.00719. The van der Waals surface area contributed by atoms with Crippen LogP contribution >= 0.6 is 22.9 Å². The van der Waals surface area contributed by atoms with Gasteiger partial charge in [-0.1, -0.05) is 11.6 Å². The highest BCUT2D eigenvalue weighted by atomic mass is 35.5. The molecular formula is C22H24ClN3O5S. The predicted molar refractivity (Wildman–Crippen MR) is 121 cm³/mol. The summed E-state index contributed by atoms with van der Waals surface area (Å²) < 4.78 is 5.68. The largest absolute Gasteiger partial charge is 0.396 e. The molecule has 2 aliphatic rings. The Kier molecular flexibility index (Phi) is 7.10. The van der Waals surface area contributed by atoms with Gasteiger partial charge in [0, 0.05) is 36.5 Å². The maximum absolute atomic E-state index is 12.8. The molecule has 1 aromatic carbocycles. The summed E-state index contributed by atoms with van der Waals surface area (Å²) in [5, 5.41) is 15.6. The number of aliphatic hydroxyl groups is 1. The van der Waals surface area contributed by atoms with Gasteiger partial charge >= 0.3 is 0 Å². The van der Waals surface area contributed by atoms with Crippen molar-refractivity contribution in [3.63, 3.8) is 0 Å². The molecule has 0 radical (unpaired) electrons. The van der Waals surface area contributed by atoms with Gasteiger partial charge in [-0.25, -0.2) is 0 Å². The van der Waals surface area contributed by atoms with Gasteiger partial charge in [0.25, 0.3) is 17.7 Å². The number of halogens is 1. The lowest BCUT2D eigenvalue weighted by atomic mass is 10.1. The highest BCUT2D eigenvalue weighted by molar-refractivity contribution is 7.18. The van der Waals surface area contributed by atoms with E-state index in [0.29, 0.717) is 40.8 Å². The van der Waals surface area contributed by atoms with Crippen molar-refractivity contribution in [1.29, 1.82) is 0 Å². The summed E-state index contributed by atoms with van der Waals surface area (Å²) in [6, 6.07) is 9.55. The van der Waals surface area contributed by atoms with E-state index in [1.165, 1.54) is 11.3 Å². The summed E-state index contributed by atoms with van der Waals surface area (Å²) in [5.41, 5.74) is 1.17. The summed E-state index contributed by atoms with van der Waals surface area (Å²) in [6.45, 7) is 1.00. The van der Waals surface area contributed by atoms with Gasteiger partial charge in [0.05, 0.1) is 15.8 Å². The van der Waals surface area contributed by atoms with Crippen molar-refractivity contribution in [3.8, 4) is 0 Å². The van der Waals surface area contributed by atoms with Crippen LogP contribution in [0, 0.1) is 5.92 Å². The second-order valence-corrected chi connectivity index (χ2v) is 9.64. The number of carbonyl (C=O) groups is 3. The van der Waals surface area contributed by atoms with Gasteiger partial charge in [-0.15, -0.1) is 11.3 Å². The first-order valence-corrected chi connectivity index (χ1v) is 11.6. The zero-order chi connectivity index (χ0) is 22.7. The molecule has 2 aromatic rings. The number of hydrogen-bond acceptors (Lipinski definition) is 6. The lowest BCUT2D eigenvalue weighted by molar-refractivity contribution is -0.125. The van der Waals surface area contributed by atoms with Gasteiger partial charge < -0.3 is 25.4 Å². The molecule has 4 rings (SSSR count). The number of carbonyl (C=O) groups excluding carboxylic acids is 3. The maximum atomic E-state index is 12.8. The Morgan fingerprint density at radius 1 is 1.09 bits per heavy atom. The zero-order valence-electron chi connectivity index (χ0n) is 17.3. The SMILES string of the molecule is O=C(N[C@@H]1C[C@@H](CO)C[C@H]1NC(=O)c1ccc(Cl)s1)c1ccc(N2CCOCC2=O)cc1. The Morgan fingerprint density at radius 2 is 1.78 bits per heavy atom. The number of rotatable bonds is 6. The highest BCUT2D eigenvalue weighted by Crippen LogP contribution is 2.28. The van der Waals surface area contributed by atoms with Crippen LogP contribution in [-0.2, 0) is 9.53 Å². The fourth-order valence-electron chi connectivity index (χ4n) is 4.12. The monoisotopic (exact) mass is 477 g/mol. The van der Waals surface area contributed by atoms with Gasteiger partial charge in [0.1, 0.15) is 6.61 Å². The minimum Gasteiger partial charge on any atom is -0.396 e. The Bertz CT molecular complexity index is 996. The van der Waals surface area contributed by atoms with Crippen LogP contribution in [0.4, 0.5) is 5.69 Å². The first kappa shape index (κ1) is 22.7. The Balaban J connectivity index is 1.41. The molecule has 1 saturated heterocycles. The lowest BCUT2D eigenvalue weighted by Gasteiger charge is -2.27. The van der Waals surface area contributed by atoms with Crippen molar-refractivity contribution in [2.24, 2.45) is 5.92 Å². The summed E-state index contributed by atoms with van der Waals surface area (Å²) in [4.78, 5) is 39.5. The maximum Gasteiger partial charge on any atom is 0.261 e. The van der Waals surface area contributed by atoms with Gasteiger partial charge in [-0.05, 0) is 55.2 Å². The quantitative estimate of drug-likeness (QED) is 0.590. The number of morpholine rings is 1. The third kappa shape index (κ3) is 5.12. The molecule has 170 valence electrons. The average molecular weight is 478 g/mol. The molecule has 1 aliphatic heterocycles. The van der Waals surface area contributed by atoms with Crippen molar-refractivity contribution < 1.29 is 24.2 Å². The van der Waals surface area contributed by atoms with Crippen LogP contribution in [0.5, 0.6) is 0 Å². The number of amides is 3. The second-order valence-electron chi connectivity index (χ2n) is 7.93. The zero-order valence-corrected chi connectivity index (χ0v) is 18.8. The fourth-order valence-corrected chi connectivity index (χ4v) is 5.07. The molecule has 2 fully saturated rings. The number of hydrogen-bond donors (Lipinski definition) is 3. The number of anilines is 1. The molecular weight excluding hydrogens is 454 g/mol. The molecule has 10 heteroatoms. The first-order chi connectivity index (χ1) is 15.4. The highest BCUT2D eigenvalue weighted by Gasteiger charge is 2.36. The van der Waals surface area contributed by atoms with Crippen LogP contribution in [-0.4, -0.2) is 61.3 Å². The smallest absolute Gasteiger partial charge is 0.261 e. The van der Waals surface area contributed by atoms with E-state index in [1.807, 2.05) is 0 Å². The van der Waals surface area contributed by atoms with Gasteiger partial charge in [-0.2, -0.15) is 0 Å². The van der Waals surface area contributed by atoms with Crippen molar-refractivity contribution in [2.45, 2.75) is 24.9 Å². The molecule has 0 spiro atoms. The van der Waals surface area contributed by atoms with E-state index in [9.17, 15) is 19.5 Å². The fraction of sp³-hybridized carbons (Fsp3) is 0.409. The molecule has 0 unspecified atom stereocenters. The van der Waals surface area contributed by atoms with Crippen molar-refractivity contribution in [2.75, 3.05) is 31.3 Å². The van der Waals surface area contributed by atoms with Crippen LogP contribution in [0.1, 0.15) is 32.9 Å². The van der Waals surface area contributed by atoms with E-state index in [-0.39, 0.29) is 48.9 Å². The third-order valence-corrected chi connectivity index (χ3v) is 7.01. The van der Waals surface area contributed by atoms with Gasteiger partial charge in [-0.3, -0.25) is 14.4 Å². The minimum atomic E-state index is -0.306. The molecule has 3 atom stereocenters. The van der Waals surface area contributed by atoms with E-state index in [1.54, 1.807) is 41.3 Å². The number of aliphatic hydroxyl groups excluding tert-OH is 1. The van der Waals surface area contributed by atoms with E-state index in [2.05, 4.69) is 10.6 Å². The van der Waals surface area contributed by atoms with Crippen LogP contribution in [0.25, 0.3) is 0 Å². The predicted octanol–water partition coefficient (Wildman–Crippen LogP) is 2.06. The first-order valence-electron chi connectivity index (χ1n) is 10.4. The number of nitrogens with zero attached hydrogens (tertiary/aromatic N) is 1. The molecule has 2 heterocycles. The normalized spacial score (nSPS) is 23.2. The molecule has 1 aliphatic carbocycles.